The van der Waals surface area contributed by atoms with Crippen LogP contribution in [-0.4, -0.2) is 29.6 Å². The molecule has 1 fully saturated rings. The van der Waals surface area contributed by atoms with E-state index in [1.807, 2.05) is 0 Å². The van der Waals surface area contributed by atoms with Crippen LogP contribution < -0.4 is 0 Å². The second-order valence-corrected chi connectivity index (χ2v) is 5.26. The molecule has 0 bridgehead atoms. The highest BCUT2D eigenvalue weighted by Crippen LogP contribution is 2.67. The van der Waals surface area contributed by atoms with Gasteiger partial charge in [0.2, 0.25) is 0 Å². The minimum Gasteiger partial charge on any atom is -0.229 e. The van der Waals surface area contributed by atoms with Gasteiger partial charge in [-0.2, -0.15) is 30.7 Å². The molecule has 1 aliphatic carbocycles. The normalized spacial score (nSPS) is 33.0. The molecule has 10 heteroatoms. The van der Waals surface area contributed by atoms with Gasteiger partial charge >= 0.3 is 18.0 Å². The van der Waals surface area contributed by atoms with Gasteiger partial charge in [-0.05, 0) is 13.8 Å². The molecule has 1 saturated carbocycles. The van der Waals surface area contributed by atoms with Crippen LogP contribution in [0.2, 0.25) is 0 Å². The van der Waals surface area contributed by atoms with E-state index in [1.165, 1.54) is 0 Å². The number of hydrogen-bond donors (Lipinski definition) is 0. The van der Waals surface area contributed by atoms with E-state index in [9.17, 15) is 43.9 Å². The molecule has 0 amide bonds. The highest BCUT2D eigenvalue weighted by Gasteiger charge is 2.89. The zero-order valence-corrected chi connectivity index (χ0v) is 10.2. The van der Waals surface area contributed by atoms with Crippen molar-refractivity contribution in [2.75, 3.05) is 0 Å². The van der Waals surface area contributed by atoms with Gasteiger partial charge in [0.15, 0.2) is 0 Å². The van der Waals surface area contributed by atoms with Gasteiger partial charge < -0.3 is 0 Å². The zero-order valence-electron chi connectivity index (χ0n) is 10.2. The summed E-state index contributed by atoms with van der Waals surface area (Å²) in [6.45, 7) is -0.563. The number of rotatable bonds is 1. The maximum absolute atomic E-state index is 14.2. The lowest BCUT2D eigenvalue weighted by atomic mass is 9.62. The van der Waals surface area contributed by atoms with Crippen molar-refractivity contribution in [1.82, 2.24) is 0 Å². The maximum Gasteiger partial charge on any atom is 0.397 e. The van der Waals surface area contributed by atoms with Gasteiger partial charge in [0.1, 0.15) is 5.41 Å². The largest absolute Gasteiger partial charge is 0.397 e. The molecule has 1 rings (SSSR count). The molecule has 0 radical (unpaired) electrons. The fourth-order valence-corrected chi connectivity index (χ4v) is 2.17. The Morgan fingerprint density at radius 2 is 1.05 bits per heavy atom. The molecule has 0 aromatic heterocycles. The van der Waals surface area contributed by atoms with Gasteiger partial charge in [-0.15, -0.1) is 0 Å². The number of halogens is 10. The molecule has 0 aromatic carbocycles. The minimum atomic E-state index is -6.17. The average molecular weight is 320 g/mol. The summed E-state index contributed by atoms with van der Waals surface area (Å²) in [5, 5.41) is 0. The Kier molecular flexibility index (Phi) is 3.42. The lowest BCUT2D eigenvalue weighted by molar-refractivity contribution is -0.409. The molecule has 0 aromatic rings. The van der Waals surface area contributed by atoms with Crippen LogP contribution >= 0.6 is 0 Å². The van der Waals surface area contributed by atoms with Crippen LogP contribution in [0.25, 0.3) is 0 Å². The quantitative estimate of drug-likeness (QED) is 0.598. The van der Waals surface area contributed by atoms with Gasteiger partial charge in [-0.3, -0.25) is 0 Å². The van der Waals surface area contributed by atoms with Crippen LogP contribution in [0.5, 0.6) is 0 Å². The smallest absolute Gasteiger partial charge is 0.229 e. The second-order valence-electron chi connectivity index (χ2n) is 5.26. The third-order valence-corrected chi connectivity index (χ3v) is 3.72. The molecular weight excluding hydrogens is 310 g/mol. The first-order chi connectivity index (χ1) is 8.46. The summed E-state index contributed by atoms with van der Waals surface area (Å²) in [6, 6.07) is 0. The molecule has 0 N–H and O–H groups in total. The molecule has 1 aliphatic rings. The maximum atomic E-state index is 14.2. The molecule has 20 heavy (non-hydrogen) atoms. The van der Waals surface area contributed by atoms with Crippen molar-refractivity contribution in [1.29, 1.82) is 0 Å². The van der Waals surface area contributed by atoms with Crippen LogP contribution in [0.4, 0.5) is 43.9 Å². The van der Waals surface area contributed by atoms with Gasteiger partial charge in [0.25, 0.3) is 11.6 Å². The summed E-state index contributed by atoms with van der Waals surface area (Å²) < 4.78 is 132. The van der Waals surface area contributed by atoms with Crippen LogP contribution in [0, 0.1) is 5.41 Å². The van der Waals surface area contributed by atoms with Crippen LogP contribution in [-0.2, 0) is 0 Å². The Morgan fingerprint density at radius 1 is 0.700 bits per heavy atom. The van der Waals surface area contributed by atoms with E-state index < -0.39 is 47.9 Å². The number of hydrogen-bond acceptors (Lipinski definition) is 0. The lowest BCUT2D eigenvalue weighted by Gasteiger charge is -2.53. The van der Waals surface area contributed by atoms with E-state index in [-0.39, 0.29) is 13.8 Å². The Morgan fingerprint density at radius 3 is 1.40 bits per heavy atom. The Bertz CT molecular complexity index is 383. The molecule has 0 saturated heterocycles. The van der Waals surface area contributed by atoms with E-state index in [0.29, 0.717) is 0 Å². The molecule has 1 unspecified atom stereocenters. The van der Waals surface area contributed by atoms with Crippen LogP contribution in [0.1, 0.15) is 26.7 Å². The molecule has 1 atom stereocenters. The number of alkyl halides is 10. The molecule has 0 heterocycles. The molecule has 120 valence electrons. The SMILES string of the molecule is CC(C)(C(F)(F)F)C1(F)C(F)(F)CCC(F)(F)C1(F)F. The Labute approximate surface area is 107 Å². The lowest BCUT2D eigenvalue weighted by Crippen LogP contribution is -2.75. The fraction of sp³-hybridized carbons (Fsp3) is 1.00. The van der Waals surface area contributed by atoms with Crippen molar-refractivity contribution < 1.29 is 43.9 Å². The summed E-state index contributed by atoms with van der Waals surface area (Å²) in [7, 11) is 0. The van der Waals surface area contributed by atoms with Gasteiger partial charge in [-0.25, -0.2) is 13.2 Å². The van der Waals surface area contributed by atoms with Crippen molar-refractivity contribution in [3.8, 4) is 0 Å². The average Bonchev–Trinajstić information content (AvgIpc) is 2.21. The monoisotopic (exact) mass is 320 g/mol. The van der Waals surface area contributed by atoms with E-state index in [4.69, 9.17) is 0 Å². The first-order valence-corrected chi connectivity index (χ1v) is 5.35. The van der Waals surface area contributed by atoms with Crippen LogP contribution in [0.3, 0.4) is 0 Å². The first kappa shape index (κ1) is 17.4. The van der Waals surface area contributed by atoms with Gasteiger partial charge in [-0.1, -0.05) is 0 Å². The molecule has 0 spiro atoms. The van der Waals surface area contributed by atoms with Crippen molar-refractivity contribution in [2.45, 2.75) is 56.3 Å². The summed E-state index contributed by atoms with van der Waals surface area (Å²) in [5.74, 6) is -16.7. The van der Waals surface area contributed by atoms with Gasteiger partial charge in [0.05, 0.1) is 0 Å². The summed E-state index contributed by atoms with van der Waals surface area (Å²) in [5.41, 5.74) is -10.1. The fourth-order valence-electron chi connectivity index (χ4n) is 2.17. The molecule has 0 aliphatic heterocycles. The van der Waals surface area contributed by atoms with Crippen molar-refractivity contribution in [3.63, 3.8) is 0 Å². The van der Waals surface area contributed by atoms with E-state index in [1.54, 1.807) is 0 Å². The van der Waals surface area contributed by atoms with E-state index >= 15 is 0 Å². The first-order valence-electron chi connectivity index (χ1n) is 5.35. The third kappa shape index (κ3) is 1.75. The Hall–Kier alpha value is -0.700. The predicted octanol–water partition coefficient (Wildman–Crippen LogP) is 4.98. The van der Waals surface area contributed by atoms with E-state index in [0.717, 1.165) is 0 Å². The third-order valence-electron chi connectivity index (χ3n) is 3.72. The summed E-state index contributed by atoms with van der Waals surface area (Å²) >= 11 is 0. The topological polar surface area (TPSA) is 0 Å². The van der Waals surface area contributed by atoms with Crippen molar-refractivity contribution in [3.05, 3.63) is 0 Å². The van der Waals surface area contributed by atoms with Crippen LogP contribution in [0.15, 0.2) is 0 Å². The van der Waals surface area contributed by atoms with Gasteiger partial charge in [0, 0.05) is 12.8 Å². The van der Waals surface area contributed by atoms with Crippen molar-refractivity contribution >= 4 is 0 Å². The second kappa shape index (κ2) is 3.94. The zero-order chi connectivity index (χ0) is 16.4. The summed E-state index contributed by atoms with van der Waals surface area (Å²) in [4.78, 5) is 0. The van der Waals surface area contributed by atoms with E-state index in [2.05, 4.69) is 0 Å². The highest BCUT2D eigenvalue weighted by molar-refractivity contribution is 5.20. The predicted molar refractivity (Wildman–Crippen MR) is 47.8 cm³/mol. The summed E-state index contributed by atoms with van der Waals surface area (Å²) in [6.07, 6.45) is -10.1. The standard InChI is InChI=1S/C10H10F10/c1-5(2,10(18,19)20)8(15)6(11,12)3-4-7(13,14)9(8,16)17/h3-4H2,1-2H3. The minimum absolute atomic E-state index is 0.282. The molecular formula is C10H10F10. The Balaban J connectivity index is 3.64. The molecule has 0 nitrogen and oxygen atoms in total. The van der Waals surface area contributed by atoms with Crippen molar-refractivity contribution in [2.24, 2.45) is 5.41 Å². The highest BCUT2D eigenvalue weighted by atomic mass is 19.4.